The van der Waals surface area contributed by atoms with Gasteiger partial charge in [-0.05, 0) is 13.3 Å². The Labute approximate surface area is 66.8 Å². The van der Waals surface area contributed by atoms with Crippen molar-refractivity contribution in [2.24, 2.45) is 0 Å². The standard InChI is InChI=1S/C8H14OS/c1-3-4-8-9-6-5-7(2)10-8/h3-4,7-8H,5-6H2,1-2H3/b4-3-. The van der Waals surface area contributed by atoms with Crippen LogP contribution in [0.25, 0.3) is 0 Å². The molecule has 1 rings (SSSR count). The highest BCUT2D eigenvalue weighted by molar-refractivity contribution is 8.00. The molecule has 1 fully saturated rings. The van der Waals surface area contributed by atoms with Crippen molar-refractivity contribution < 1.29 is 4.74 Å². The Kier molecular flexibility index (Phi) is 3.29. The largest absolute Gasteiger partial charge is 0.363 e. The molecular weight excluding hydrogens is 144 g/mol. The van der Waals surface area contributed by atoms with Crippen LogP contribution in [0.2, 0.25) is 0 Å². The molecule has 2 unspecified atom stereocenters. The number of rotatable bonds is 1. The lowest BCUT2D eigenvalue weighted by molar-refractivity contribution is 0.128. The van der Waals surface area contributed by atoms with Crippen LogP contribution in [0.5, 0.6) is 0 Å². The molecule has 0 aliphatic carbocycles. The van der Waals surface area contributed by atoms with Crippen LogP contribution in [0, 0.1) is 0 Å². The Hall–Kier alpha value is 0.0500. The summed E-state index contributed by atoms with van der Waals surface area (Å²) < 4.78 is 5.46. The van der Waals surface area contributed by atoms with E-state index < -0.39 is 0 Å². The van der Waals surface area contributed by atoms with Crippen LogP contribution in [0.1, 0.15) is 20.3 Å². The van der Waals surface area contributed by atoms with Gasteiger partial charge in [0.05, 0.1) is 0 Å². The van der Waals surface area contributed by atoms with Gasteiger partial charge < -0.3 is 4.74 Å². The van der Waals surface area contributed by atoms with Gasteiger partial charge in [0.25, 0.3) is 0 Å². The molecule has 0 aromatic heterocycles. The van der Waals surface area contributed by atoms with Crippen LogP contribution >= 0.6 is 11.8 Å². The van der Waals surface area contributed by atoms with Gasteiger partial charge >= 0.3 is 0 Å². The van der Waals surface area contributed by atoms with Crippen molar-refractivity contribution in [2.75, 3.05) is 6.61 Å². The van der Waals surface area contributed by atoms with Crippen LogP contribution < -0.4 is 0 Å². The molecule has 2 heteroatoms. The summed E-state index contributed by atoms with van der Waals surface area (Å²) in [5.74, 6) is 0. The number of hydrogen-bond donors (Lipinski definition) is 0. The Balaban J connectivity index is 2.32. The topological polar surface area (TPSA) is 9.23 Å². The third kappa shape index (κ3) is 2.35. The molecule has 0 aromatic rings. The van der Waals surface area contributed by atoms with Gasteiger partial charge in [0.2, 0.25) is 0 Å². The van der Waals surface area contributed by atoms with Crippen molar-refractivity contribution >= 4 is 11.8 Å². The monoisotopic (exact) mass is 158 g/mol. The smallest absolute Gasteiger partial charge is 0.121 e. The van der Waals surface area contributed by atoms with E-state index in [9.17, 15) is 0 Å². The zero-order valence-corrected chi connectivity index (χ0v) is 7.36. The van der Waals surface area contributed by atoms with Crippen LogP contribution in [-0.4, -0.2) is 17.3 Å². The molecule has 58 valence electrons. The Morgan fingerprint density at radius 3 is 3.00 bits per heavy atom. The molecule has 1 nitrogen and oxygen atoms in total. The fourth-order valence-electron chi connectivity index (χ4n) is 0.944. The minimum atomic E-state index is 0.314. The minimum absolute atomic E-state index is 0.314. The molecule has 0 aromatic carbocycles. The van der Waals surface area contributed by atoms with Crippen LogP contribution in [0.3, 0.4) is 0 Å². The number of hydrogen-bond acceptors (Lipinski definition) is 2. The van der Waals surface area contributed by atoms with E-state index in [1.807, 2.05) is 18.7 Å². The van der Waals surface area contributed by atoms with E-state index in [2.05, 4.69) is 19.1 Å². The maximum atomic E-state index is 5.46. The van der Waals surface area contributed by atoms with Crippen molar-refractivity contribution in [3.8, 4) is 0 Å². The van der Waals surface area contributed by atoms with Crippen LogP contribution in [0.15, 0.2) is 12.2 Å². The Morgan fingerprint density at radius 2 is 2.40 bits per heavy atom. The van der Waals surface area contributed by atoms with Gasteiger partial charge in [0.15, 0.2) is 0 Å². The second-order valence-corrected chi connectivity index (χ2v) is 4.04. The summed E-state index contributed by atoms with van der Waals surface area (Å²) >= 11 is 1.90. The molecule has 1 saturated heterocycles. The number of allylic oxidation sites excluding steroid dienone is 1. The summed E-state index contributed by atoms with van der Waals surface area (Å²) in [7, 11) is 0. The molecule has 0 spiro atoms. The highest BCUT2D eigenvalue weighted by Gasteiger charge is 2.16. The molecule has 2 atom stereocenters. The second kappa shape index (κ2) is 4.04. The molecule has 1 heterocycles. The fraction of sp³-hybridized carbons (Fsp3) is 0.750. The Morgan fingerprint density at radius 1 is 1.60 bits per heavy atom. The predicted octanol–water partition coefficient (Wildman–Crippen LogP) is 2.43. The summed E-state index contributed by atoms with van der Waals surface area (Å²) in [6.07, 6.45) is 5.36. The van der Waals surface area contributed by atoms with Gasteiger partial charge in [0.1, 0.15) is 5.44 Å². The molecule has 0 N–H and O–H groups in total. The van der Waals surface area contributed by atoms with Crippen molar-refractivity contribution in [2.45, 2.75) is 31.0 Å². The molecule has 10 heavy (non-hydrogen) atoms. The molecule has 0 saturated carbocycles. The maximum absolute atomic E-state index is 5.46. The minimum Gasteiger partial charge on any atom is -0.363 e. The zero-order chi connectivity index (χ0) is 7.40. The summed E-state index contributed by atoms with van der Waals surface area (Å²) in [5, 5.41) is 0.759. The van der Waals surface area contributed by atoms with Gasteiger partial charge in [0, 0.05) is 11.9 Å². The average molecular weight is 158 g/mol. The predicted molar refractivity (Wildman–Crippen MR) is 46.2 cm³/mol. The van der Waals surface area contributed by atoms with Crippen molar-refractivity contribution in [1.29, 1.82) is 0 Å². The van der Waals surface area contributed by atoms with E-state index >= 15 is 0 Å². The molecular formula is C8H14OS. The van der Waals surface area contributed by atoms with Gasteiger partial charge in [-0.1, -0.05) is 19.1 Å². The second-order valence-electron chi connectivity index (χ2n) is 2.50. The first kappa shape index (κ1) is 8.15. The molecule has 1 aliphatic heterocycles. The lowest BCUT2D eigenvalue weighted by Gasteiger charge is -2.24. The fourth-order valence-corrected chi connectivity index (χ4v) is 2.06. The summed E-state index contributed by atoms with van der Waals surface area (Å²) in [4.78, 5) is 0. The summed E-state index contributed by atoms with van der Waals surface area (Å²) in [6, 6.07) is 0. The number of ether oxygens (including phenoxy) is 1. The first-order valence-corrected chi connectivity index (χ1v) is 4.67. The Bertz CT molecular complexity index is 122. The lowest BCUT2D eigenvalue weighted by Crippen LogP contribution is -2.19. The quantitative estimate of drug-likeness (QED) is 0.542. The lowest BCUT2D eigenvalue weighted by atomic mass is 10.3. The van der Waals surface area contributed by atoms with Gasteiger partial charge in [-0.3, -0.25) is 0 Å². The maximum Gasteiger partial charge on any atom is 0.121 e. The van der Waals surface area contributed by atoms with Crippen LogP contribution in [0.4, 0.5) is 0 Å². The SMILES string of the molecule is C/C=C\C1OCCC(C)S1. The first-order chi connectivity index (χ1) is 4.83. The number of thioether (sulfide) groups is 1. The first-order valence-electron chi connectivity index (χ1n) is 3.73. The molecule has 0 amide bonds. The summed E-state index contributed by atoms with van der Waals surface area (Å²) in [5.41, 5.74) is 0.314. The van der Waals surface area contributed by atoms with Crippen molar-refractivity contribution in [1.82, 2.24) is 0 Å². The average Bonchev–Trinajstić information content (AvgIpc) is 1.88. The van der Waals surface area contributed by atoms with E-state index in [0.29, 0.717) is 5.44 Å². The van der Waals surface area contributed by atoms with E-state index in [1.54, 1.807) is 0 Å². The van der Waals surface area contributed by atoms with Gasteiger partial charge in [-0.25, -0.2) is 0 Å². The van der Waals surface area contributed by atoms with Crippen molar-refractivity contribution in [3.63, 3.8) is 0 Å². The van der Waals surface area contributed by atoms with Crippen molar-refractivity contribution in [3.05, 3.63) is 12.2 Å². The van der Waals surface area contributed by atoms with Crippen LogP contribution in [-0.2, 0) is 4.74 Å². The summed E-state index contributed by atoms with van der Waals surface area (Å²) in [6.45, 7) is 5.20. The third-order valence-electron chi connectivity index (χ3n) is 1.52. The molecule has 0 radical (unpaired) electrons. The highest BCUT2D eigenvalue weighted by atomic mass is 32.2. The van der Waals surface area contributed by atoms with E-state index in [-0.39, 0.29) is 0 Å². The normalized spacial score (nSPS) is 35.0. The third-order valence-corrected chi connectivity index (χ3v) is 2.78. The molecule has 0 bridgehead atoms. The molecule has 1 aliphatic rings. The van der Waals surface area contributed by atoms with E-state index in [4.69, 9.17) is 4.74 Å². The highest BCUT2D eigenvalue weighted by Crippen LogP contribution is 2.27. The van der Waals surface area contributed by atoms with Gasteiger partial charge in [-0.15, -0.1) is 11.8 Å². The van der Waals surface area contributed by atoms with E-state index in [1.165, 1.54) is 6.42 Å². The zero-order valence-electron chi connectivity index (χ0n) is 6.54. The van der Waals surface area contributed by atoms with Gasteiger partial charge in [-0.2, -0.15) is 0 Å². The van der Waals surface area contributed by atoms with E-state index in [0.717, 1.165) is 11.9 Å².